The minimum Gasteiger partial charge on any atom is -0.266 e. The molecule has 3 nitrogen and oxygen atoms in total. The predicted molar refractivity (Wildman–Crippen MR) is 45.8 cm³/mol. The first-order valence-corrected chi connectivity index (χ1v) is 3.57. The molecule has 58 valence electrons. The van der Waals surface area contributed by atoms with E-state index in [2.05, 4.69) is 9.97 Å². The van der Waals surface area contributed by atoms with Crippen LogP contribution in [0.2, 0.25) is 0 Å². The van der Waals surface area contributed by atoms with Gasteiger partial charge in [-0.25, -0.2) is 4.98 Å². The summed E-state index contributed by atoms with van der Waals surface area (Å²) in [5.41, 5.74) is 0.471. The van der Waals surface area contributed by atoms with Gasteiger partial charge < -0.3 is 0 Å². The Balaban J connectivity index is 2.94. The van der Waals surface area contributed by atoms with E-state index in [1.807, 2.05) is 24.3 Å². The van der Waals surface area contributed by atoms with Gasteiger partial charge in [0.1, 0.15) is 0 Å². The van der Waals surface area contributed by atoms with Gasteiger partial charge in [-0.2, -0.15) is 0 Å². The summed E-state index contributed by atoms with van der Waals surface area (Å²) >= 11 is 0. The monoisotopic (exact) mass is 158 g/mol. The second kappa shape index (κ2) is 2.70. The van der Waals surface area contributed by atoms with E-state index < -0.39 is 0 Å². The number of nitrogens with zero attached hydrogens (tertiary/aromatic N) is 2. The van der Waals surface area contributed by atoms with Crippen LogP contribution in [0.3, 0.4) is 0 Å². The number of para-hydroxylation sites is 1. The first kappa shape index (κ1) is 6.91. The van der Waals surface area contributed by atoms with Crippen LogP contribution in [0.15, 0.2) is 41.5 Å². The third-order valence-corrected chi connectivity index (χ3v) is 1.58. The Kier molecular flexibility index (Phi) is 1.55. The van der Waals surface area contributed by atoms with E-state index in [1.165, 1.54) is 12.4 Å². The normalized spacial score (nSPS) is 10.0. The quantitative estimate of drug-likeness (QED) is 0.574. The third-order valence-electron chi connectivity index (χ3n) is 1.58. The fourth-order valence-corrected chi connectivity index (χ4v) is 1.01. The summed E-state index contributed by atoms with van der Waals surface area (Å²) in [6.07, 6.45) is 2.76. The van der Waals surface area contributed by atoms with Crippen molar-refractivity contribution < 1.29 is 0 Å². The smallest absolute Gasteiger partial charge is 0.266 e. The number of aromatic nitrogens is 2. The largest absolute Gasteiger partial charge is 0.288 e. The Morgan fingerprint density at radius 2 is 1.83 bits per heavy atom. The first-order chi connectivity index (χ1) is 5.86. The minimum absolute atomic E-state index is 0.314. The number of rotatable bonds is 0. The van der Waals surface area contributed by atoms with Crippen LogP contribution >= 0.6 is 0 Å². The van der Waals surface area contributed by atoms with E-state index in [9.17, 15) is 4.79 Å². The lowest BCUT2D eigenvalue weighted by atomic mass is 10.2. The lowest BCUT2D eigenvalue weighted by Gasteiger charge is -1.85. The van der Waals surface area contributed by atoms with Crippen LogP contribution in [-0.4, -0.2) is 9.97 Å². The van der Waals surface area contributed by atoms with Gasteiger partial charge in [0.05, 0.1) is 11.7 Å². The second-order valence-corrected chi connectivity index (χ2v) is 2.41. The zero-order chi connectivity index (χ0) is 8.39. The van der Waals surface area contributed by atoms with Crippen LogP contribution in [0.1, 0.15) is 0 Å². The van der Waals surface area contributed by atoms with E-state index in [4.69, 9.17) is 0 Å². The summed E-state index contributed by atoms with van der Waals surface area (Å²) in [4.78, 5) is 18.4. The van der Waals surface area contributed by atoms with Gasteiger partial charge in [0.2, 0.25) is 0 Å². The Bertz CT molecular complexity index is 426. The van der Waals surface area contributed by atoms with E-state index in [1.54, 1.807) is 0 Å². The Labute approximate surface area is 68.7 Å². The summed E-state index contributed by atoms with van der Waals surface area (Å²) in [6, 6.07) is 7.47. The molecule has 0 aliphatic rings. The zero-order valence-electron chi connectivity index (χ0n) is 6.27. The van der Waals surface area contributed by atoms with Crippen molar-refractivity contribution >= 4 is 10.9 Å². The van der Waals surface area contributed by atoms with Gasteiger partial charge in [-0.05, 0) is 6.07 Å². The highest BCUT2D eigenvalue weighted by atomic mass is 16.1. The molecule has 0 aliphatic heterocycles. The van der Waals surface area contributed by atoms with Gasteiger partial charge >= 0.3 is 0 Å². The van der Waals surface area contributed by atoms with Crippen molar-refractivity contribution in [2.24, 2.45) is 0 Å². The van der Waals surface area contributed by atoms with Crippen LogP contribution < -0.4 is 5.56 Å². The average Bonchev–Trinajstić information content (AvgIpc) is 2.29. The van der Waals surface area contributed by atoms with E-state index in [0.717, 1.165) is 10.9 Å². The predicted octanol–water partition coefficient (Wildman–Crippen LogP) is 0.990. The maximum atomic E-state index is 10.8. The molecule has 0 atom stereocenters. The second-order valence-electron chi connectivity index (χ2n) is 2.41. The van der Waals surface area contributed by atoms with E-state index >= 15 is 0 Å². The summed E-state index contributed by atoms with van der Waals surface area (Å²) < 4.78 is 0. The molecule has 1 heterocycles. The molecular weight excluding hydrogens is 152 g/mol. The number of hydrogen-bond donors (Lipinski definition) is 0. The van der Waals surface area contributed by atoms with Crippen molar-refractivity contribution in [3.05, 3.63) is 47.0 Å². The van der Waals surface area contributed by atoms with E-state index in [-0.39, 0.29) is 5.56 Å². The van der Waals surface area contributed by atoms with Crippen LogP contribution in [-0.2, 0) is 0 Å². The standard InChI is InChI=1S/C9H6N2O/c12-9-6-10-8-4-2-1-3-7(8)5-11-9/h1-6H. The van der Waals surface area contributed by atoms with Gasteiger partial charge in [0, 0.05) is 11.6 Å². The molecule has 0 unspecified atom stereocenters. The molecule has 0 bridgehead atoms. The molecule has 0 amide bonds. The zero-order valence-corrected chi connectivity index (χ0v) is 6.27. The van der Waals surface area contributed by atoms with Gasteiger partial charge in [0.15, 0.2) is 0 Å². The number of hydrogen-bond acceptors (Lipinski definition) is 3. The summed E-state index contributed by atoms with van der Waals surface area (Å²) in [6.45, 7) is 0. The van der Waals surface area contributed by atoms with Gasteiger partial charge in [0.25, 0.3) is 5.56 Å². The Hall–Kier alpha value is -1.77. The molecule has 2 aromatic rings. The summed E-state index contributed by atoms with van der Waals surface area (Å²) in [7, 11) is 0. The molecule has 0 aliphatic carbocycles. The van der Waals surface area contributed by atoms with E-state index in [0.29, 0.717) is 0 Å². The maximum absolute atomic E-state index is 10.8. The van der Waals surface area contributed by atoms with Gasteiger partial charge in [-0.3, -0.25) is 9.78 Å². The molecule has 0 radical (unpaired) electrons. The Morgan fingerprint density at radius 3 is 2.75 bits per heavy atom. The van der Waals surface area contributed by atoms with Crippen molar-refractivity contribution in [1.82, 2.24) is 9.97 Å². The fourth-order valence-electron chi connectivity index (χ4n) is 1.01. The molecule has 1 aromatic heterocycles. The summed E-state index contributed by atoms with van der Waals surface area (Å²) in [5, 5.41) is 0.875. The number of fused-ring (bicyclic) bond motifs is 1. The molecule has 0 fully saturated rings. The summed E-state index contributed by atoms with van der Waals surface area (Å²) in [5.74, 6) is 0. The molecular formula is C9H6N2O. The highest BCUT2D eigenvalue weighted by Crippen LogP contribution is 2.05. The molecule has 0 saturated heterocycles. The lowest BCUT2D eigenvalue weighted by Crippen LogP contribution is -1.97. The molecule has 0 saturated carbocycles. The van der Waals surface area contributed by atoms with Gasteiger partial charge in [-0.15, -0.1) is 0 Å². The molecule has 2 rings (SSSR count). The SMILES string of the molecule is O=c1cnc2ccccc2cn1. The molecule has 0 N–H and O–H groups in total. The molecule has 1 aromatic carbocycles. The minimum atomic E-state index is -0.314. The number of benzene rings is 1. The lowest BCUT2D eigenvalue weighted by molar-refractivity contribution is 1.24. The highest BCUT2D eigenvalue weighted by molar-refractivity contribution is 5.76. The maximum Gasteiger partial charge on any atom is 0.288 e. The van der Waals surface area contributed by atoms with Crippen molar-refractivity contribution in [2.75, 3.05) is 0 Å². The topological polar surface area (TPSA) is 42.9 Å². The van der Waals surface area contributed by atoms with Crippen LogP contribution in [0.25, 0.3) is 10.9 Å². The van der Waals surface area contributed by atoms with Crippen molar-refractivity contribution in [3.63, 3.8) is 0 Å². The van der Waals surface area contributed by atoms with Crippen molar-refractivity contribution in [2.45, 2.75) is 0 Å². The molecule has 0 spiro atoms. The Morgan fingerprint density at radius 1 is 1.00 bits per heavy atom. The van der Waals surface area contributed by atoms with Crippen LogP contribution in [0.5, 0.6) is 0 Å². The molecule has 3 heteroatoms. The van der Waals surface area contributed by atoms with Crippen LogP contribution in [0.4, 0.5) is 0 Å². The average molecular weight is 158 g/mol. The van der Waals surface area contributed by atoms with Gasteiger partial charge in [-0.1, -0.05) is 18.2 Å². The van der Waals surface area contributed by atoms with Crippen molar-refractivity contribution in [1.29, 1.82) is 0 Å². The fraction of sp³-hybridized carbons (Fsp3) is 0. The van der Waals surface area contributed by atoms with Crippen LogP contribution in [0, 0.1) is 0 Å². The third kappa shape index (κ3) is 1.16. The highest BCUT2D eigenvalue weighted by Gasteiger charge is 1.89. The van der Waals surface area contributed by atoms with Crippen molar-refractivity contribution in [3.8, 4) is 0 Å². The molecule has 12 heavy (non-hydrogen) atoms. The first-order valence-electron chi connectivity index (χ1n) is 3.57.